The fourth-order valence-corrected chi connectivity index (χ4v) is 4.62. The van der Waals surface area contributed by atoms with Gasteiger partial charge in [0.1, 0.15) is 4.90 Å². The van der Waals surface area contributed by atoms with Crippen molar-refractivity contribution in [2.45, 2.75) is 31.7 Å². The molecule has 2 N–H and O–H groups in total. The highest BCUT2D eigenvalue weighted by Crippen LogP contribution is 2.26. The molecule has 0 bridgehead atoms. The zero-order valence-electron chi connectivity index (χ0n) is 11.7. The van der Waals surface area contributed by atoms with Crippen LogP contribution in [0.4, 0.5) is 0 Å². The maximum atomic E-state index is 12.3. The quantitative estimate of drug-likeness (QED) is 0.678. The van der Waals surface area contributed by atoms with Crippen molar-refractivity contribution in [3.8, 4) is 0 Å². The van der Waals surface area contributed by atoms with Gasteiger partial charge in [-0.1, -0.05) is 0 Å². The Bertz CT molecular complexity index is 483. The highest BCUT2D eigenvalue weighted by Gasteiger charge is 2.21. The molecule has 0 saturated carbocycles. The summed E-state index contributed by atoms with van der Waals surface area (Å²) in [5.41, 5.74) is 0.799. The molecule has 0 radical (unpaired) electrons. The number of nitrogens with one attached hydrogen (secondary N) is 2. The van der Waals surface area contributed by atoms with E-state index < -0.39 is 10.0 Å². The monoisotopic (exact) mass is 306 g/mol. The van der Waals surface area contributed by atoms with Crippen LogP contribution in [-0.2, 0) is 21.3 Å². The highest BCUT2D eigenvalue weighted by atomic mass is 32.2. The highest BCUT2D eigenvalue weighted by molar-refractivity contribution is 7.89. The maximum Gasteiger partial charge on any atom is 0.241 e. The molecule has 0 aliphatic rings. The van der Waals surface area contributed by atoms with Crippen molar-refractivity contribution in [3.63, 3.8) is 0 Å². The van der Waals surface area contributed by atoms with Gasteiger partial charge in [-0.25, -0.2) is 13.1 Å². The van der Waals surface area contributed by atoms with E-state index in [1.807, 2.05) is 19.2 Å². The first-order valence-corrected chi connectivity index (χ1v) is 8.68. The Kier molecular flexibility index (Phi) is 6.95. The van der Waals surface area contributed by atoms with Gasteiger partial charge in [-0.05, 0) is 38.3 Å². The molecule has 19 heavy (non-hydrogen) atoms. The number of aryl methyl sites for hydroxylation is 1. The van der Waals surface area contributed by atoms with Crippen LogP contribution >= 0.6 is 11.3 Å². The number of rotatable bonds is 9. The SMILES string of the molecule is CCOCCCNS(=O)(=O)c1c(C)csc1CNC. The second-order valence-corrected chi connectivity index (χ2v) is 6.82. The van der Waals surface area contributed by atoms with Crippen LogP contribution < -0.4 is 10.0 Å². The second kappa shape index (κ2) is 7.96. The summed E-state index contributed by atoms with van der Waals surface area (Å²) in [5.74, 6) is 0. The molecule has 0 saturated heterocycles. The molecule has 1 heterocycles. The van der Waals surface area contributed by atoms with E-state index in [-0.39, 0.29) is 0 Å². The Morgan fingerprint density at radius 2 is 2.16 bits per heavy atom. The van der Waals surface area contributed by atoms with Crippen LogP contribution in [0, 0.1) is 6.92 Å². The predicted octanol–water partition coefficient (Wildman–Crippen LogP) is 1.48. The summed E-state index contributed by atoms with van der Waals surface area (Å²) in [5, 5.41) is 4.87. The van der Waals surface area contributed by atoms with Gasteiger partial charge in [-0.15, -0.1) is 11.3 Å². The van der Waals surface area contributed by atoms with Gasteiger partial charge < -0.3 is 10.1 Å². The Morgan fingerprint density at radius 1 is 1.42 bits per heavy atom. The molecule has 5 nitrogen and oxygen atoms in total. The lowest BCUT2D eigenvalue weighted by atomic mass is 10.3. The maximum absolute atomic E-state index is 12.3. The number of thiophene rings is 1. The summed E-state index contributed by atoms with van der Waals surface area (Å²) < 4.78 is 32.4. The van der Waals surface area contributed by atoms with Crippen molar-refractivity contribution in [2.24, 2.45) is 0 Å². The third-order valence-corrected chi connectivity index (χ3v) is 5.48. The number of sulfonamides is 1. The summed E-state index contributed by atoms with van der Waals surface area (Å²) in [6.45, 7) is 5.94. The fraction of sp³-hybridized carbons (Fsp3) is 0.667. The van der Waals surface area contributed by atoms with Crippen molar-refractivity contribution >= 4 is 21.4 Å². The van der Waals surface area contributed by atoms with E-state index in [1.165, 1.54) is 11.3 Å². The van der Waals surface area contributed by atoms with E-state index in [2.05, 4.69) is 10.0 Å². The standard InChI is InChI=1S/C12H22N2O3S2/c1-4-17-7-5-6-14-19(15,16)12-10(2)9-18-11(12)8-13-3/h9,13-14H,4-8H2,1-3H3. The van der Waals surface area contributed by atoms with Gasteiger partial charge in [0.15, 0.2) is 0 Å². The van der Waals surface area contributed by atoms with Gasteiger partial charge >= 0.3 is 0 Å². The Hall–Kier alpha value is -0.470. The third kappa shape index (κ3) is 4.85. The fourth-order valence-electron chi connectivity index (χ4n) is 1.73. The van der Waals surface area contributed by atoms with E-state index >= 15 is 0 Å². The average Bonchev–Trinajstić information content (AvgIpc) is 2.71. The van der Waals surface area contributed by atoms with Crippen LogP contribution in [0.2, 0.25) is 0 Å². The van der Waals surface area contributed by atoms with Crippen molar-refractivity contribution in [3.05, 3.63) is 15.8 Å². The summed E-state index contributed by atoms with van der Waals surface area (Å²) in [6.07, 6.45) is 0.678. The summed E-state index contributed by atoms with van der Waals surface area (Å²) >= 11 is 1.47. The molecule has 0 unspecified atom stereocenters. The molecule has 0 aliphatic heterocycles. The van der Waals surface area contributed by atoms with Gasteiger partial charge in [-0.3, -0.25) is 0 Å². The van der Waals surface area contributed by atoms with Gasteiger partial charge in [0.25, 0.3) is 0 Å². The molecule has 1 rings (SSSR count). The van der Waals surface area contributed by atoms with E-state index in [0.717, 1.165) is 10.4 Å². The zero-order valence-corrected chi connectivity index (χ0v) is 13.3. The second-order valence-electron chi connectivity index (χ2n) is 4.15. The van der Waals surface area contributed by atoms with Crippen LogP contribution in [0.15, 0.2) is 10.3 Å². The molecule has 7 heteroatoms. The van der Waals surface area contributed by atoms with E-state index in [4.69, 9.17) is 4.74 Å². The van der Waals surface area contributed by atoms with Gasteiger partial charge in [0.2, 0.25) is 10.0 Å². The Labute approximate surface area is 119 Å². The van der Waals surface area contributed by atoms with E-state index in [1.54, 1.807) is 7.05 Å². The molecule has 0 amide bonds. The smallest absolute Gasteiger partial charge is 0.241 e. The van der Waals surface area contributed by atoms with Crippen molar-refractivity contribution in [1.82, 2.24) is 10.0 Å². The first-order valence-electron chi connectivity index (χ1n) is 6.32. The van der Waals surface area contributed by atoms with Crippen LogP contribution in [0.1, 0.15) is 23.8 Å². The minimum absolute atomic E-state index is 0.399. The molecule has 0 atom stereocenters. The Morgan fingerprint density at radius 3 is 2.79 bits per heavy atom. The van der Waals surface area contributed by atoms with Gasteiger partial charge in [0, 0.05) is 31.2 Å². The molecule has 0 spiro atoms. The van der Waals surface area contributed by atoms with Crippen LogP contribution in [0.3, 0.4) is 0 Å². The minimum atomic E-state index is -3.42. The first kappa shape index (κ1) is 16.6. The number of hydrogen-bond acceptors (Lipinski definition) is 5. The van der Waals surface area contributed by atoms with E-state index in [0.29, 0.717) is 37.6 Å². The van der Waals surface area contributed by atoms with Crippen molar-refractivity contribution < 1.29 is 13.2 Å². The topological polar surface area (TPSA) is 67.4 Å². The molecule has 110 valence electrons. The zero-order chi connectivity index (χ0) is 14.3. The van der Waals surface area contributed by atoms with Crippen molar-refractivity contribution in [2.75, 3.05) is 26.8 Å². The molecule has 1 aromatic heterocycles. The largest absolute Gasteiger partial charge is 0.382 e. The third-order valence-electron chi connectivity index (χ3n) is 2.56. The molecular weight excluding hydrogens is 284 g/mol. The van der Waals surface area contributed by atoms with Gasteiger partial charge in [-0.2, -0.15) is 0 Å². The Balaban J connectivity index is 2.69. The molecule has 1 aromatic rings. The average molecular weight is 306 g/mol. The van der Waals surface area contributed by atoms with Crippen LogP contribution in [0.5, 0.6) is 0 Å². The van der Waals surface area contributed by atoms with Crippen LogP contribution in [-0.4, -0.2) is 35.2 Å². The first-order chi connectivity index (χ1) is 9.03. The lowest BCUT2D eigenvalue weighted by Crippen LogP contribution is -2.27. The molecule has 0 fully saturated rings. The van der Waals surface area contributed by atoms with Crippen molar-refractivity contribution in [1.29, 1.82) is 0 Å². The summed E-state index contributed by atoms with van der Waals surface area (Å²) in [4.78, 5) is 1.26. The van der Waals surface area contributed by atoms with Gasteiger partial charge in [0.05, 0.1) is 0 Å². The van der Waals surface area contributed by atoms with E-state index in [9.17, 15) is 8.42 Å². The number of ether oxygens (including phenoxy) is 1. The molecular formula is C12H22N2O3S2. The minimum Gasteiger partial charge on any atom is -0.382 e. The normalized spacial score (nSPS) is 11.9. The number of hydrogen-bond donors (Lipinski definition) is 2. The molecule has 0 aliphatic carbocycles. The summed E-state index contributed by atoms with van der Waals surface area (Å²) in [6, 6.07) is 0. The molecule has 0 aromatic carbocycles. The predicted molar refractivity (Wildman–Crippen MR) is 78.1 cm³/mol. The van der Waals surface area contributed by atoms with Crippen LogP contribution in [0.25, 0.3) is 0 Å². The lowest BCUT2D eigenvalue weighted by Gasteiger charge is -2.09. The summed E-state index contributed by atoms with van der Waals surface area (Å²) in [7, 11) is -1.62. The lowest BCUT2D eigenvalue weighted by molar-refractivity contribution is 0.146.